The van der Waals surface area contributed by atoms with Gasteiger partial charge in [-0.1, -0.05) is 12.1 Å². The van der Waals surface area contributed by atoms with E-state index in [4.69, 9.17) is 9.47 Å². The zero-order valence-corrected chi connectivity index (χ0v) is 13.6. The molecule has 0 bridgehead atoms. The Morgan fingerprint density at radius 3 is 2.27 bits per heavy atom. The highest BCUT2D eigenvalue weighted by atomic mass is 16.6. The second kappa shape index (κ2) is 6.95. The standard InChI is InChI=1S/C18H24O4/c1-18(2,3)22-17(20)12-21-16-10-6-14(7-11-16)13-4-8-15(19)9-5-13/h6-7,10-11,13H,4-5,8-9,12H2,1-3H3. The predicted octanol–water partition coefficient (Wildman–Crippen LogP) is 3.63. The van der Waals surface area contributed by atoms with Gasteiger partial charge in [-0.15, -0.1) is 0 Å². The Bertz CT molecular complexity index is 515. The van der Waals surface area contributed by atoms with Crippen molar-refractivity contribution < 1.29 is 19.1 Å². The van der Waals surface area contributed by atoms with Crippen LogP contribution in [0.1, 0.15) is 57.9 Å². The van der Waals surface area contributed by atoms with Gasteiger partial charge in [0, 0.05) is 12.8 Å². The molecule has 0 atom stereocenters. The highest BCUT2D eigenvalue weighted by Crippen LogP contribution is 2.31. The number of carbonyl (C=O) groups excluding carboxylic acids is 2. The fraction of sp³-hybridized carbons (Fsp3) is 0.556. The Kier molecular flexibility index (Phi) is 5.22. The minimum absolute atomic E-state index is 0.0887. The van der Waals surface area contributed by atoms with Crippen molar-refractivity contribution in [1.29, 1.82) is 0 Å². The monoisotopic (exact) mass is 304 g/mol. The van der Waals surface area contributed by atoms with Crippen molar-refractivity contribution in [2.45, 2.75) is 58.0 Å². The summed E-state index contributed by atoms with van der Waals surface area (Å²) in [4.78, 5) is 22.9. The number of ketones is 1. The summed E-state index contributed by atoms with van der Waals surface area (Å²) in [6.45, 7) is 5.40. The van der Waals surface area contributed by atoms with Crippen molar-refractivity contribution in [2.24, 2.45) is 0 Å². The first-order valence-electron chi connectivity index (χ1n) is 7.80. The van der Waals surface area contributed by atoms with Crippen molar-refractivity contribution in [3.63, 3.8) is 0 Å². The van der Waals surface area contributed by atoms with E-state index in [0.717, 1.165) is 12.8 Å². The van der Waals surface area contributed by atoms with Gasteiger partial charge in [0.2, 0.25) is 0 Å². The molecule has 0 saturated heterocycles. The molecular weight excluding hydrogens is 280 g/mol. The molecule has 4 heteroatoms. The number of hydrogen-bond donors (Lipinski definition) is 0. The van der Waals surface area contributed by atoms with Crippen molar-refractivity contribution in [2.75, 3.05) is 6.61 Å². The van der Waals surface area contributed by atoms with Crippen LogP contribution < -0.4 is 4.74 Å². The van der Waals surface area contributed by atoms with Crippen LogP contribution in [0.4, 0.5) is 0 Å². The van der Waals surface area contributed by atoms with Gasteiger partial charge in [-0.25, -0.2) is 4.79 Å². The number of Topliss-reactive ketones (excluding diaryl/α,β-unsaturated/α-hetero) is 1. The fourth-order valence-corrected chi connectivity index (χ4v) is 2.62. The van der Waals surface area contributed by atoms with Gasteiger partial charge < -0.3 is 9.47 Å². The van der Waals surface area contributed by atoms with E-state index < -0.39 is 5.60 Å². The van der Waals surface area contributed by atoms with E-state index in [9.17, 15) is 9.59 Å². The second-order valence-corrected chi connectivity index (χ2v) is 6.76. The van der Waals surface area contributed by atoms with Crippen LogP contribution >= 0.6 is 0 Å². The maximum atomic E-state index is 11.6. The van der Waals surface area contributed by atoms with E-state index >= 15 is 0 Å². The molecule has 0 aromatic heterocycles. The lowest BCUT2D eigenvalue weighted by atomic mass is 9.83. The second-order valence-electron chi connectivity index (χ2n) is 6.76. The van der Waals surface area contributed by atoms with Crippen LogP contribution in [0.25, 0.3) is 0 Å². The number of carbonyl (C=O) groups is 2. The summed E-state index contributed by atoms with van der Waals surface area (Å²) in [7, 11) is 0. The highest BCUT2D eigenvalue weighted by molar-refractivity contribution is 5.79. The average molecular weight is 304 g/mol. The topological polar surface area (TPSA) is 52.6 Å². The summed E-state index contributed by atoms with van der Waals surface area (Å²) < 4.78 is 10.6. The van der Waals surface area contributed by atoms with Gasteiger partial charge in [0.15, 0.2) is 6.61 Å². The summed E-state index contributed by atoms with van der Waals surface area (Å²) >= 11 is 0. The summed E-state index contributed by atoms with van der Waals surface area (Å²) in [6.07, 6.45) is 3.22. The average Bonchev–Trinajstić information content (AvgIpc) is 2.45. The van der Waals surface area contributed by atoms with Crippen LogP contribution in [0.2, 0.25) is 0 Å². The first-order chi connectivity index (χ1) is 10.3. The lowest BCUT2D eigenvalue weighted by Gasteiger charge is -2.21. The molecule has 0 unspecified atom stereocenters. The number of ether oxygens (including phenoxy) is 2. The lowest BCUT2D eigenvalue weighted by Crippen LogP contribution is -2.27. The van der Waals surface area contributed by atoms with Gasteiger partial charge in [0.1, 0.15) is 17.1 Å². The molecule has 0 spiro atoms. The molecule has 4 nitrogen and oxygen atoms in total. The van der Waals surface area contributed by atoms with Crippen molar-refractivity contribution >= 4 is 11.8 Å². The summed E-state index contributed by atoms with van der Waals surface area (Å²) in [5.74, 6) is 1.11. The number of esters is 1. The minimum Gasteiger partial charge on any atom is -0.482 e. The zero-order chi connectivity index (χ0) is 16.2. The lowest BCUT2D eigenvalue weighted by molar-refractivity contribution is -0.157. The molecule has 0 amide bonds. The fourth-order valence-electron chi connectivity index (χ4n) is 2.62. The molecule has 0 aliphatic heterocycles. The Morgan fingerprint density at radius 1 is 1.14 bits per heavy atom. The first-order valence-corrected chi connectivity index (χ1v) is 7.80. The van der Waals surface area contributed by atoms with Gasteiger partial charge in [-0.2, -0.15) is 0 Å². The van der Waals surface area contributed by atoms with E-state index in [1.165, 1.54) is 5.56 Å². The van der Waals surface area contributed by atoms with Crippen molar-refractivity contribution in [3.05, 3.63) is 29.8 Å². The van der Waals surface area contributed by atoms with Crippen LogP contribution in [-0.2, 0) is 14.3 Å². The quantitative estimate of drug-likeness (QED) is 0.797. The molecule has 1 saturated carbocycles. The van der Waals surface area contributed by atoms with Crippen LogP contribution in [0.15, 0.2) is 24.3 Å². The van der Waals surface area contributed by atoms with Crippen LogP contribution in [0.5, 0.6) is 5.75 Å². The molecule has 1 aliphatic carbocycles. The van der Waals surface area contributed by atoms with Gasteiger partial charge in [-0.3, -0.25) is 4.79 Å². The van der Waals surface area contributed by atoms with Gasteiger partial charge >= 0.3 is 5.97 Å². The third-order valence-electron chi connectivity index (χ3n) is 3.67. The molecule has 0 N–H and O–H groups in total. The van der Waals surface area contributed by atoms with Crippen LogP contribution in [0.3, 0.4) is 0 Å². The van der Waals surface area contributed by atoms with E-state index in [-0.39, 0.29) is 12.6 Å². The van der Waals surface area contributed by atoms with Crippen molar-refractivity contribution in [1.82, 2.24) is 0 Å². The molecule has 2 rings (SSSR count). The van der Waals surface area contributed by atoms with E-state index in [0.29, 0.717) is 30.3 Å². The van der Waals surface area contributed by atoms with E-state index in [1.54, 1.807) is 0 Å². The summed E-state index contributed by atoms with van der Waals surface area (Å²) in [6, 6.07) is 7.78. The maximum Gasteiger partial charge on any atom is 0.344 e. The zero-order valence-electron chi connectivity index (χ0n) is 13.6. The smallest absolute Gasteiger partial charge is 0.344 e. The Morgan fingerprint density at radius 2 is 1.73 bits per heavy atom. The van der Waals surface area contributed by atoms with Gasteiger partial charge in [-0.05, 0) is 57.2 Å². The largest absolute Gasteiger partial charge is 0.482 e. The SMILES string of the molecule is CC(C)(C)OC(=O)COc1ccc(C2CCC(=O)CC2)cc1. The number of hydrogen-bond acceptors (Lipinski definition) is 4. The van der Waals surface area contributed by atoms with E-state index in [2.05, 4.69) is 0 Å². The minimum atomic E-state index is -0.497. The molecular formula is C18H24O4. The Labute approximate surface area is 131 Å². The number of rotatable bonds is 4. The number of benzene rings is 1. The molecule has 1 aromatic carbocycles. The predicted molar refractivity (Wildman–Crippen MR) is 84.0 cm³/mol. The van der Waals surface area contributed by atoms with Crippen LogP contribution in [-0.4, -0.2) is 24.0 Å². The van der Waals surface area contributed by atoms with Crippen LogP contribution in [0, 0.1) is 0 Å². The molecule has 1 aliphatic rings. The van der Waals surface area contributed by atoms with Gasteiger partial charge in [0.05, 0.1) is 0 Å². The van der Waals surface area contributed by atoms with Gasteiger partial charge in [0.25, 0.3) is 0 Å². The third-order valence-corrected chi connectivity index (χ3v) is 3.67. The maximum absolute atomic E-state index is 11.6. The molecule has 22 heavy (non-hydrogen) atoms. The first kappa shape index (κ1) is 16.5. The summed E-state index contributed by atoms with van der Waals surface area (Å²) in [5, 5.41) is 0. The molecule has 1 fully saturated rings. The molecule has 0 heterocycles. The molecule has 0 radical (unpaired) electrons. The normalized spacial score (nSPS) is 16.4. The highest BCUT2D eigenvalue weighted by Gasteiger charge is 2.20. The van der Waals surface area contributed by atoms with E-state index in [1.807, 2.05) is 45.0 Å². The third kappa shape index (κ3) is 5.17. The van der Waals surface area contributed by atoms with Crippen molar-refractivity contribution in [3.8, 4) is 5.75 Å². The Balaban J connectivity index is 1.84. The Hall–Kier alpha value is -1.84. The summed E-state index contributed by atoms with van der Waals surface area (Å²) in [5.41, 5.74) is 0.736. The molecule has 120 valence electrons. The molecule has 1 aromatic rings.